The second-order valence-electron chi connectivity index (χ2n) is 5.18. The molecule has 2 aromatic rings. The number of nitrogens with zero attached hydrogens (tertiary/aromatic N) is 3. The fourth-order valence-corrected chi connectivity index (χ4v) is 2.79. The molecular formula is C11H14N5O7P. The quantitative estimate of drug-likeness (QED) is 0.334. The van der Waals surface area contributed by atoms with Gasteiger partial charge in [0.15, 0.2) is 17.4 Å². The van der Waals surface area contributed by atoms with Crippen molar-refractivity contribution in [1.29, 1.82) is 0 Å². The third-order valence-electron chi connectivity index (χ3n) is 3.47. The Morgan fingerprint density at radius 1 is 1.38 bits per heavy atom. The maximum Gasteiger partial charge on any atom is 0.348 e. The first-order chi connectivity index (χ1) is 11.2. The van der Waals surface area contributed by atoms with Crippen LogP contribution in [0.1, 0.15) is 6.23 Å². The van der Waals surface area contributed by atoms with Crippen molar-refractivity contribution in [2.45, 2.75) is 24.5 Å². The van der Waals surface area contributed by atoms with E-state index in [2.05, 4.69) is 15.0 Å². The van der Waals surface area contributed by atoms with E-state index in [1.165, 1.54) is 10.9 Å². The highest BCUT2D eigenvalue weighted by Crippen LogP contribution is 2.38. The van der Waals surface area contributed by atoms with Gasteiger partial charge in [0.2, 0.25) is 5.95 Å². The van der Waals surface area contributed by atoms with Gasteiger partial charge in [0.1, 0.15) is 18.3 Å². The summed E-state index contributed by atoms with van der Waals surface area (Å²) in [6.45, 7) is 0. The normalized spacial score (nSPS) is 28.2. The van der Waals surface area contributed by atoms with E-state index in [9.17, 15) is 19.6 Å². The van der Waals surface area contributed by atoms with Crippen LogP contribution in [0, 0.1) is 0 Å². The molecule has 3 heterocycles. The number of aliphatic hydroxyl groups excluding tert-OH is 2. The van der Waals surface area contributed by atoms with Crippen LogP contribution < -0.4 is 11.3 Å². The van der Waals surface area contributed by atoms with Crippen molar-refractivity contribution in [2.75, 3.05) is 5.73 Å². The minimum atomic E-state index is -4.44. The fraction of sp³-hybridized carbons (Fsp3) is 0.364. The number of H-pyrrole nitrogens is 1. The molecule has 0 aromatic carbocycles. The summed E-state index contributed by atoms with van der Waals surface area (Å²) < 4.78 is 17.5. The highest BCUT2D eigenvalue weighted by atomic mass is 31.2. The van der Waals surface area contributed by atoms with Gasteiger partial charge in [-0.25, -0.2) is 4.98 Å². The van der Waals surface area contributed by atoms with Gasteiger partial charge in [-0.2, -0.15) is 4.98 Å². The van der Waals surface area contributed by atoms with Crippen LogP contribution in [0.3, 0.4) is 0 Å². The number of fused-ring (bicyclic) bond motifs is 1. The molecule has 1 saturated heterocycles. The van der Waals surface area contributed by atoms with Crippen LogP contribution in [0.15, 0.2) is 23.0 Å². The number of nitrogens with two attached hydrogens (primary N) is 1. The van der Waals surface area contributed by atoms with Crippen molar-refractivity contribution >= 4 is 24.7 Å². The Hall–Kier alpha value is -2.08. The zero-order chi connectivity index (χ0) is 17.6. The van der Waals surface area contributed by atoms with E-state index in [0.717, 1.165) is 6.08 Å². The fourth-order valence-electron chi connectivity index (χ4n) is 2.40. The predicted molar refractivity (Wildman–Crippen MR) is 79.7 cm³/mol. The van der Waals surface area contributed by atoms with Crippen molar-refractivity contribution in [3.8, 4) is 0 Å². The topological polar surface area (TPSA) is 197 Å². The van der Waals surface area contributed by atoms with E-state index in [-0.39, 0.29) is 17.1 Å². The Kier molecular flexibility index (Phi) is 4.03. The molecule has 2 aromatic heterocycles. The van der Waals surface area contributed by atoms with Crippen molar-refractivity contribution in [2.24, 2.45) is 0 Å². The molecular weight excluding hydrogens is 345 g/mol. The average Bonchev–Trinajstić information content (AvgIpc) is 3.00. The first-order valence-corrected chi connectivity index (χ1v) is 8.34. The summed E-state index contributed by atoms with van der Waals surface area (Å²) in [5.41, 5.74) is 4.89. The molecule has 12 nitrogen and oxygen atoms in total. The number of rotatable bonds is 3. The third kappa shape index (κ3) is 2.98. The molecule has 1 aliphatic heterocycles. The van der Waals surface area contributed by atoms with E-state index in [4.69, 9.17) is 20.3 Å². The molecule has 3 rings (SSSR count). The number of nitrogens with one attached hydrogen (secondary N) is 1. The largest absolute Gasteiger partial charge is 0.387 e. The zero-order valence-electron chi connectivity index (χ0n) is 11.9. The number of nitrogen functional groups attached to an aromatic ring is 1. The second kappa shape index (κ2) is 5.77. The molecule has 4 atom stereocenters. The number of hydrogen-bond donors (Lipinski definition) is 6. The lowest BCUT2D eigenvalue weighted by Crippen LogP contribution is -2.30. The summed E-state index contributed by atoms with van der Waals surface area (Å²) in [6, 6.07) is 0. The Labute approximate surface area is 133 Å². The van der Waals surface area contributed by atoms with Gasteiger partial charge in [0, 0.05) is 5.82 Å². The monoisotopic (exact) mass is 359 g/mol. The van der Waals surface area contributed by atoms with Gasteiger partial charge in [-0.15, -0.1) is 0 Å². The Morgan fingerprint density at radius 2 is 2.08 bits per heavy atom. The first kappa shape index (κ1) is 16.8. The van der Waals surface area contributed by atoms with Crippen molar-refractivity contribution < 1.29 is 29.3 Å². The van der Waals surface area contributed by atoms with Gasteiger partial charge < -0.3 is 30.5 Å². The van der Waals surface area contributed by atoms with E-state index in [1.54, 1.807) is 0 Å². The minimum Gasteiger partial charge on any atom is -0.387 e. The van der Waals surface area contributed by atoms with E-state index >= 15 is 0 Å². The molecule has 0 saturated carbocycles. The molecule has 0 radical (unpaired) electrons. The lowest BCUT2D eigenvalue weighted by atomic mass is 10.1. The first-order valence-electron chi connectivity index (χ1n) is 6.66. The molecule has 4 unspecified atom stereocenters. The summed E-state index contributed by atoms with van der Waals surface area (Å²) in [6.07, 6.45) is -3.10. The minimum absolute atomic E-state index is 0.0344. The molecule has 0 amide bonds. The lowest BCUT2D eigenvalue weighted by molar-refractivity contribution is -0.0244. The van der Waals surface area contributed by atoms with E-state index in [1.807, 2.05) is 0 Å². The molecule has 13 heteroatoms. The number of aromatic amines is 1. The standard InChI is InChI=1S/C11H14N5O7P/c12-11-14-8-5(9(19)15-11)13-3-16(8)10-7(18)6(17)4(23-10)1-2-24(20,21)22/h1-4,6-7,10,17-18H,(H2,20,21,22)(H3,12,14,15,19). The van der Waals surface area contributed by atoms with Crippen LogP contribution in [0.2, 0.25) is 0 Å². The smallest absolute Gasteiger partial charge is 0.348 e. The number of imidazole rings is 1. The van der Waals surface area contributed by atoms with Gasteiger partial charge in [0.25, 0.3) is 5.56 Å². The van der Waals surface area contributed by atoms with Gasteiger partial charge in [-0.3, -0.25) is 18.9 Å². The van der Waals surface area contributed by atoms with Crippen LogP contribution >= 0.6 is 7.60 Å². The summed E-state index contributed by atoms with van der Waals surface area (Å²) >= 11 is 0. The number of anilines is 1. The molecule has 0 spiro atoms. The molecule has 130 valence electrons. The van der Waals surface area contributed by atoms with E-state index < -0.39 is 37.7 Å². The maximum absolute atomic E-state index is 11.7. The van der Waals surface area contributed by atoms with Crippen LogP contribution in [0.25, 0.3) is 11.2 Å². The maximum atomic E-state index is 11.7. The second-order valence-corrected chi connectivity index (χ2v) is 6.65. The molecule has 24 heavy (non-hydrogen) atoms. The highest BCUT2D eigenvalue weighted by molar-refractivity contribution is 7.55. The molecule has 0 aliphatic carbocycles. The predicted octanol–water partition coefficient (Wildman–Crippen LogP) is -1.99. The van der Waals surface area contributed by atoms with Crippen LogP contribution in [-0.4, -0.2) is 57.8 Å². The van der Waals surface area contributed by atoms with Crippen molar-refractivity contribution in [3.63, 3.8) is 0 Å². The van der Waals surface area contributed by atoms with Crippen molar-refractivity contribution in [1.82, 2.24) is 19.5 Å². The van der Waals surface area contributed by atoms with E-state index in [0.29, 0.717) is 5.82 Å². The average molecular weight is 359 g/mol. The van der Waals surface area contributed by atoms with Gasteiger partial charge in [-0.1, -0.05) is 0 Å². The Morgan fingerprint density at radius 3 is 2.75 bits per heavy atom. The van der Waals surface area contributed by atoms with Crippen LogP contribution in [0.5, 0.6) is 0 Å². The van der Waals surface area contributed by atoms with Gasteiger partial charge in [0.05, 0.1) is 6.33 Å². The molecule has 0 bridgehead atoms. The van der Waals surface area contributed by atoms with Crippen molar-refractivity contribution in [3.05, 3.63) is 28.6 Å². The highest BCUT2D eigenvalue weighted by Gasteiger charge is 2.43. The number of aromatic nitrogens is 4. The molecule has 1 aliphatic rings. The molecule has 1 fully saturated rings. The SMILES string of the molecule is Nc1nc2c(ncn2C2OC(C=CP(=O)(O)O)C(O)C2O)c(=O)[nH]1. The number of aliphatic hydroxyl groups is 2. The Bertz CT molecular complexity index is 902. The molecule has 7 N–H and O–H groups in total. The number of ether oxygens (including phenoxy) is 1. The summed E-state index contributed by atoms with van der Waals surface area (Å²) in [4.78, 5) is 39.5. The van der Waals surface area contributed by atoms with Crippen LogP contribution in [0.4, 0.5) is 5.95 Å². The lowest BCUT2D eigenvalue weighted by Gasteiger charge is -2.16. The van der Waals surface area contributed by atoms with Gasteiger partial charge >= 0.3 is 7.60 Å². The summed E-state index contributed by atoms with van der Waals surface area (Å²) in [5, 5.41) is 20.1. The third-order valence-corrected chi connectivity index (χ3v) is 4.03. The van der Waals surface area contributed by atoms with Crippen LogP contribution in [-0.2, 0) is 9.30 Å². The summed E-state index contributed by atoms with van der Waals surface area (Å²) in [5.74, 6) is 0.406. The van der Waals surface area contributed by atoms with Gasteiger partial charge in [-0.05, 0) is 6.08 Å². The Balaban J connectivity index is 1.97. The number of hydrogen-bond acceptors (Lipinski definition) is 8. The summed E-state index contributed by atoms with van der Waals surface area (Å²) in [7, 11) is -4.44. The zero-order valence-corrected chi connectivity index (χ0v) is 12.8.